The lowest BCUT2D eigenvalue weighted by Crippen LogP contribution is -1.94. The molecule has 1 saturated carbocycles. The fourth-order valence-corrected chi connectivity index (χ4v) is 1.38. The fraction of sp³-hybridized carbons (Fsp3) is 0.667. The Morgan fingerprint density at radius 1 is 1.67 bits per heavy atom. The zero-order valence-corrected chi connectivity index (χ0v) is 3.78. The molecule has 3 aliphatic carbocycles. The summed E-state index contributed by atoms with van der Waals surface area (Å²) in [6.45, 7) is 0. The molecule has 0 heterocycles. The second-order valence-electron chi connectivity index (χ2n) is 2.33. The molecule has 6 heavy (non-hydrogen) atoms. The zero-order valence-electron chi connectivity index (χ0n) is 3.78. The molecule has 0 spiro atoms. The van der Waals surface area contributed by atoms with Crippen LogP contribution in [0.25, 0.3) is 0 Å². The van der Waals surface area contributed by atoms with E-state index in [1.165, 1.54) is 19.3 Å². The Morgan fingerprint density at radius 3 is 2.67 bits per heavy atom. The molecular formula is C6H8. The molecule has 0 heteroatoms. The molecule has 0 aromatic carbocycles. The summed E-state index contributed by atoms with van der Waals surface area (Å²) in [5.41, 5.74) is 1.72. The molecule has 0 saturated heterocycles. The van der Waals surface area contributed by atoms with Crippen LogP contribution >= 0.6 is 0 Å². The lowest BCUT2D eigenvalue weighted by Gasteiger charge is -2.08. The maximum atomic E-state index is 2.42. The average Bonchev–Trinajstić information content (AvgIpc) is 1.72. The summed E-state index contributed by atoms with van der Waals surface area (Å²) in [5.74, 6) is 1.03. The van der Waals surface area contributed by atoms with Crippen molar-refractivity contribution in [3.63, 3.8) is 0 Å². The summed E-state index contributed by atoms with van der Waals surface area (Å²) in [5, 5.41) is 0. The fourth-order valence-electron chi connectivity index (χ4n) is 1.38. The number of rotatable bonds is 0. The first-order valence-corrected chi connectivity index (χ1v) is 2.65. The Kier molecular flexibility index (Phi) is 0.331. The third-order valence-corrected chi connectivity index (χ3v) is 1.83. The van der Waals surface area contributed by atoms with Crippen LogP contribution in [-0.4, -0.2) is 0 Å². The maximum Gasteiger partial charge on any atom is -0.0191 e. The van der Waals surface area contributed by atoms with Gasteiger partial charge in [-0.3, -0.25) is 0 Å². The van der Waals surface area contributed by atoms with Crippen molar-refractivity contribution in [2.45, 2.75) is 19.3 Å². The van der Waals surface area contributed by atoms with Crippen LogP contribution in [-0.2, 0) is 0 Å². The summed E-state index contributed by atoms with van der Waals surface area (Å²) in [4.78, 5) is 0. The van der Waals surface area contributed by atoms with Gasteiger partial charge >= 0.3 is 0 Å². The van der Waals surface area contributed by atoms with E-state index < -0.39 is 0 Å². The standard InChI is InChI=1S/C6H8/c1-2-6-3-5(1)4-6/h3,5H,1-2,4H2/t5-/m0/s1. The minimum Gasteiger partial charge on any atom is -0.0819 e. The third kappa shape index (κ3) is 0.173. The predicted molar refractivity (Wildman–Crippen MR) is 25.4 cm³/mol. The van der Waals surface area contributed by atoms with E-state index in [0.29, 0.717) is 0 Å². The van der Waals surface area contributed by atoms with E-state index in [9.17, 15) is 0 Å². The summed E-state index contributed by atoms with van der Waals surface area (Å²) in [6.07, 6.45) is 6.75. The Bertz CT molecular complexity index is 96.6. The molecule has 3 rings (SSSR count). The van der Waals surface area contributed by atoms with Crippen LogP contribution in [0.4, 0.5) is 0 Å². The first-order valence-electron chi connectivity index (χ1n) is 2.65. The van der Waals surface area contributed by atoms with E-state index in [1.807, 2.05) is 0 Å². The first kappa shape index (κ1) is 2.84. The molecule has 32 valence electrons. The quantitative estimate of drug-likeness (QED) is 0.389. The zero-order chi connectivity index (χ0) is 3.98. The van der Waals surface area contributed by atoms with Gasteiger partial charge in [0.15, 0.2) is 0 Å². The smallest absolute Gasteiger partial charge is 0.0191 e. The Morgan fingerprint density at radius 2 is 2.50 bits per heavy atom. The van der Waals surface area contributed by atoms with Gasteiger partial charge < -0.3 is 0 Å². The third-order valence-electron chi connectivity index (χ3n) is 1.83. The van der Waals surface area contributed by atoms with Crippen molar-refractivity contribution < 1.29 is 0 Å². The monoisotopic (exact) mass is 80.1 g/mol. The molecule has 0 amide bonds. The highest BCUT2D eigenvalue weighted by Gasteiger charge is 2.25. The van der Waals surface area contributed by atoms with Crippen molar-refractivity contribution in [1.82, 2.24) is 0 Å². The van der Waals surface area contributed by atoms with E-state index in [2.05, 4.69) is 6.08 Å². The van der Waals surface area contributed by atoms with Crippen molar-refractivity contribution in [1.29, 1.82) is 0 Å². The largest absolute Gasteiger partial charge is 0.0819 e. The maximum absolute atomic E-state index is 2.42. The summed E-state index contributed by atoms with van der Waals surface area (Å²) in [7, 11) is 0. The van der Waals surface area contributed by atoms with Crippen LogP contribution in [0.2, 0.25) is 0 Å². The molecule has 3 aliphatic rings. The highest BCUT2D eigenvalue weighted by atomic mass is 14.3. The van der Waals surface area contributed by atoms with Crippen molar-refractivity contribution >= 4 is 0 Å². The van der Waals surface area contributed by atoms with Crippen LogP contribution in [0, 0.1) is 5.92 Å². The van der Waals surface area contributed by atoms with Crippen molar-refractivity contribution in [3.8, 4) is 0 Å². The van der Waals surface area contributed by atoms with Gasteiger partial charge in [-0.25, -0.2) is 0 Å². The van der Waals surface area contributed by atoms with Crippen molar-refractivity contribution in [2.75, 3.05) is 0 Å². The molecule has 0 unspecified atom stereocenters. The van der Waals surface area contributed by atoms with Gasteiger partial charge in [-0.15, -0.1) is 0 Å². The van der Waals surface area contributed by atoms with Gasteiger partial charge in [0.25, 0.3) is 0 Å². The summed E-state index contributed by atoms with van der Waals surface area (Å²) >= 11 is 0. The Hall–Kier alpha value is -0.260. The summed E-state index contributed by atoms with van der Waals surface area (Å²) < 4.78 is 0. The van der Waals surface area contributed by atoms with Gasteiger partial charge in [-0.2, -0.15) is 0 Å². The Balaban J connectivity index is 2.39. The second-order valence-corrected chi connectivity index (χ2v) is 2.33. The first-order chi connectivity index (χ1) is 2.95. The van der Waals surface area contributed by atoms with E-state index in [-0.39, 0.29) is 0 Å². The molecule has 0 radical (unpaired) electrons. The number of hydrogen-bond acceptors (Lipinski definition) is 0. The van der Waals surface area contributed by atoms with Crippen LogP contribution in [0.1, 0.15) is 19.3 Å². The van der Waals surface area contributed by atoms with E-state index in [1.54, 1.807) is 5.57 Å². The molecule has 1 fully saturated rings. The minimum atomic E-state index is 1.03. The van der Waals surface area contributed by atoms with Gasteiger partial charge in [-0.05, 0) is 25.2 Å². The molecule has 0 aromatic heterocycles. The normalized spacial score (nSPS) is 38.7. The highest BCUT2D eigenvalue weighted by molar-refractivity contribution is 5.22. The Labute approximate surface area is 37.9 Å². The average molecular weight is 80.1 g/mol. The van der Waals surface area contributed by atoms with Gasteiger partial charge in [0, 0.05) is 0 Å². The molecule has 0 aromatic rings. The van der Waals surface area contributed by atoms with Crippen LogP contribution in [0.3, 0.4) is 0 Å². The SMILES string of the molecule is C1=C2CC[C@@H]1C2. The van der Waals surface area contributed by atoms with Gasteiger partial charge in [-0.1, -0.05) is 11.6 Å². The lowest BCUT2D eigenvalue weighted by molar-refractivity contribution is 0.665. The van der Waals surface area contributed by atoms with Gasteiger partial charge in [0.05, 0.1) is 0 Å². The molecule has 2 bridgehead atoms. The van der Waals surface area contributed by atoms with Crippen LogP contribution in [0.15, 0.2) is 11.6 Å². The number of allylic oxidation sites excluding steroid dienone is 2. The van der Waals surface area contributed by atoms with E-state index in [0.717, 1.165) is 5.92 Å². The van der Waals surface area contributed by atoms with Gasteiger partial charge in [0.1, 0.15) is 0 Å². The topological polar surface area (TPSA) is 0 Å². The number of fused-ring (bicyclic) bond motifs is 1. The lowest BCUT2D eigenvalue weighted by atomic mass is 9.97. The van der Waals surface area contributed by atoms with Crippen LogP contribution in [0.5, 0.6) is 0 Å². The molecule has 0 aliphatic heterocycles. The van der Waals surface area contributed by atoms with Crippen molar-refractivity contribution in [2.24, 2.45) is 5.92 Å². The second kappa shape index (κ2) is 0.699. The van der Waals surface area contributed by atoms with E-state index >= 15 is 0 Å². The molecular weight excluding hydrogens is 72.1 g/mol. The minimum absolute atomic E-state index is 1.03. The molecule has 0 nitrogen and oxygen atoms in total. The number of hydrogen-bond donors (Lipinski definition) is 0. The van der Waals surface area contributed by atoms with Crippen molar-refractivity contribution in [3.05, 3.63) is 11.6 Å². The molecule has 1 atom stereocenters. The predicted octanol–water partition coefficient (Wildman–Crippen LogP) is 1.73. The van der Waals surface area contributed by atoms with Gasteiger partial charge in [0.2, 0.25) is 0 Å². The van der Waals surface area contributed by atoms with Crippen LogP contribution < -0.4 is 0 Å². The van der Waals surface area contributed by atoms with E-state index in [4.69, 9.17) is 0 Å². The molecule has 0 N–H and O–H groups in total. The highest BCUT2D eigenvalue weighted by Crippen LogP contribution is 2.41. The summed E-state index contributed by atoms with van der Waals surface area (Å²) in [6, 6.07) is 0.